The largest absolute Gasteiger partial charge is 0.427 e. The van der Waals surface area contributed by atoms with Crippen molar-refractivity contribution in [3.63, 3.8) is 0 Å². The summed E-state index contributed by atoms with van der Waals surface area (Å²) in [4.78, 5) is 34.1. The monoisotopic (exact) mass is 354 g/mol. The summed E-state index contributed by atoms with van der Waals surface area (Å²) in [5.74, 6) is -1.22. The zero-order valence-electron chi connectivity index (χ0n) is 11.4. The number of nitrogens with one attached hydrogen (secondary N) is 1. The normalized spacial score (nSPS) is 11.3. The number of hydrogen-bond donors (Lipinski definition) is 2. The van der Waals surface area contributed by atoms with Crippen LogP contribution in [0.25, 0.3) is 0 Å². The molecule has 0 spiro atoms. The Labute approximate surface area is 130 Å². The summed E-state index contributed by atoms with van der Waals surface area (Å²) < 4.78 is 5.41. The van der Waals surface area contributed by atoms with E-state index in [2.05, 4.69) is 27.8 Å². The molecule has 1 rings (SSSR count). The van der Waals surface area contributed by atoms with Crippen LogP contribution in [0.3, 0.4) is 0 Å². The molecule has 112 valence electrons. The Kier molecular flexibility index (Phi) is 6.10. The maximum Gasteiger partial charge on any atom is 0.308 e. The van der Waals surface area contributed by atoms with Gasteiger partial charge in [-0.1, -0.05) is 22.5 Å². The first-order valence-electron chi connectivity index (χ1n) is 6.01. The Balaban J connectivity index is 2.76. The maximum atomic E-state index is 12.0. The van der Waals surface area contributed by atoms with Crippen molar-refractivity contribution in [1.82, 2.24) is 5.32 Å². The second-order valence-corrected chi connectivity index (χ2v) is 5.39. The highest BCUT2D eigenvalue weighted by Gasteiger charge is 2.19. The lowest BCUT2D eigenvalue weighted by molar-refractivity contribution is -0.131. The third-order valence-electron chi connectivity index (χ3n) is 2.45. The molecule has 0 saturated heterocycles. The minimum atomic E-state index is -0.850. The lowest BCUT2D eigenvalue weighted by Crippen LogP contribution is -2.44. The van der Waals surface area contributed by atoms with E-state index in [4.69, 9.17) is 10.5 Å². The Morgan fingerprint density at radius 2 is 1.90 bits per heavy atom. The second-order valence-electron chi connectivity index (χ2n) is 4.27. The van der Waals surface area contributed by atoms with Gasteiger partial charge in [0, 0.05) is 18.9 Å². The molecule has 0 heterocycles. The van der Waals surface area contributed by atoms with Crippen molar-refractivity contribution < 1.29 is 19.1 Å². The average molecular weight is 355 g/mol. The van der Waals surface area contributed by atoms with Crippen molar-refractivity contribution in [2.24, 2.45) is 5.73 Å². The number of carbonyl (C=O) groups is 3. The maximum absolute atomic E-state index is 12.0. The zero-order chi connectivity index (χ0) is 16.0. The van der Waals surface area contributed by atoms with E-state index < -0.39 is 23.8 Å². The predicted molar refractivity (Wildman–Crippen MR) is 80.9 cm³/mol. The van der Waals surface area contributed by atoms with Crippen LogP contribution < -0.4 is 15.8 Å². The van der Waals surface area contributed by atoms with E-state index in [1.54, 1.807) is 0 Å². The highest BCUT2D eigenvalue weighted by Crippen LogP contribution is 2.14. The first-order valence-corrected chi connectivity index (χ1v) is 6.81. The molecule has 1 atom stereocenters. The van der Waals surface area contributed by atoms with Gasteiger partial charge in [0.2, 0.25) is 5.91 Å². The summed E-state index contributed by atoms with van der Waals surface area (Å²) in [5, 5.41) is 2.51. The first-order chi connectivity index (χ1) is 9.79. The molecule has 0 aliphatic carbocycles. The molecule has 3 N–H and O–H groups in total. The van der Waals surface area contributed by atoms with Crippen LogP contribution in [-0.2, 0) is 9.59 Å². The summed E-state index contributed by atoms with van der Waals surface area (Å²) in [6, 6.07) is 5.08. The summed E-state index contributed by atoms with van der Waals surface area (Å²) in [6.07, 6.45) is 0.201. The minimum absolute atomic E-state index is 0.201. The van der Waals surface area contributed by atoms with Crippen LogP contribution in [0.5, 0.6) is 5.75 Å². The summed E-state index contributed by atoms with van der Waals surface area (Å²) in [6.45, 7) is 4.89. The fourth-order valence-electron chi connectivity index (χ4n) is 1.53. The molecule has 0 radical (unpaired) electrons. The van der Waals surface area contributed by atoms with E-state index in [0.29, 0.717) is 15.8 Å². The number of rotatable bonds is 6. The molecule has 0 bridgehead atoms. The predicted octanol–water partition coefficient (Wildman–Crippen LogP) is 1.49. The molecule has 0 aliphatic rings. The van der Waals surface area contributed by atoms with Crippen LogP contribution in [0.1, 0.15) is 23.7 Å². The lowest BCUT2D eigenvalue weighted by atomic mass is 10.1. The molecule has 6 nitrogen and oxygen atoms in total. The minimum Gasteiger partial charge on any atom is -0.427 e. The number of benzene rings is 1. The highest BCUT2D eigenvalue weighted by molar-refractivity contribution is 9.11. The molecule has 0 aliphatic heterocycles. The highest BCUT2D eigenvalue weighted by atomic mass is 79.9. The molecule has 7 heteroatoms. The molecule has 1 aromatic carbocycles. The number of carbonyl (C=O) groups excluding carboxylic acids is 3. The van der Waals surface area contributed by atoms with Gasteiger partial charge in [0.25, 0.3) is 5.91 Å². The van der Waals surface area contributed by atoms with Gasteiger partial charge in [0.05, 0.1) is 0 Å². The van der Waals surface area contributed by atoms with Crippen molar-refractivity contribution >= 4 is 33.7 Å². The first kappa shape index (κ1) is 16.9. The number of esters is 1. The number of hydrogen-bond acceptors (Lipinski definition) is 4. The van der Waals surface area contributed by atoms with Crippen LogP contribution in [-0.4, -0.2) is 23.8 Å². The number of nitrogens with two attached hydrogens (primary N) is 1. The summed E-state index contributed by atoms with van der Waals surface area (Å²) in [7, 11) is 0. The van der Waals surface area contributed by atoms with E-state index in [1.807, 2.05) is 0 Å². The van der Waals surface area contributed by atoms with Crippen LogP contribution in [0.2, 0.25) is 0 Å². The lowest BCUT2D eigenvalue weighted by Gasteiger charge is -2.15. The number of halogens is 1. The van der Waals surface area contributed by atoms with Crippen LogP contribution in [0.4, 0.5) is 0 Å². The molecule has 2 amide bonds. The quantitative estimate of drug-likeness (QED) is 0.597. The van der Waals surface area contributed by atoms with Crippen LogP contribution in [0.15, 0.2) is 35.3 Å². The molecular formula is C14H15BrN2O4. The van der Waals surface area contributed by atoms with Crippen LogP contribution in [0, 0.1) is 0 Å². The zero-order valence-corrected chi connectivity index (χ0v) is 13.0. The molecule has 1 aromatic rings. The topological polar surface area (TPSA) is 98.5 Å². The number of primary amides is 1. The van der Waals surface area contributed by atoms with E-state index in [9.17, 15) is 14.4 Å². The Morgan fingerprint density at radius 3 is 2.33 bits per heavy atom. The van der Waals surface area contributed by atoms with Gasteiger partial charge >= 0.3 is 5.97 Å². The van der Waals surface area contributed by atoms with Crippen molar-refractivity contribution in [2.75, 3.05) is 0 Å². The SMILES string of the molecule is C=C(Br)C[C@H](NC(=O)c1ccc(OC(C)=O)cc1)C(N)=O. The van der Waals surface area contributed by atoms with Gasteiger partial charge in [-0.15, -0.1) is 0 Å². The van der Waals surface area contributed by atoms with Crippen LogP contribution >= 0.6 is 15.9 Å². The van der Waals surface area contributed by atoms with Crippen molar-refractivity contribution in [3.05, 3.63) is 40.9 Å². The van der Waals surface area contributed by atoms with E-state index in [1.165, 1.54) is 31.2 Å². The van der Waals surface area contributed by atoms with Crippen molar-refractivity contribution in [2.45, 2.75) is 19.4 Å². The summed E-state index contributed by atoms with van der Waals surface area (Å²) in [5.41, 5.74) is 5.53. The molecular weight excluding hydrogens is 340 g/mol. The van der Waals surface area contributed by atoms with E-state index >= 15 is 0 Å². The van der Waals surface area contributed by atoms with Gasteiger partial charge in [-0.3, -0.25) is 14.4 Å². The van der Waals surface area contributed by atoms with E-state index in [0.717, 1.165) is 0 Å². The smallest absolute Gasteiger partial charge is 0.308 e. The van der Waals surface area contributed by atoms with E-state index in [-0.39, 0.29) is 6.42 Å². The fourth-order valence-corrected chi connectivity index (χ4v) is 1.85. The molecule has 0 unspecified atom stereocenters. The summed E-state index contributed by atoms with van der Waals surface area (Å²) >= 11 is 3.12. The second kappa shape index (κ2) is 7.58. The Hall–Kier alpha value is -2.15. The molecule has 0 saturated carbocycles. The average Bonchev–Trinajstić information content (AvgIpc) is 2.37. The van der Waals surface area contributed by atoms with Crippen molar-refractivity contribution in [1.29, 1.82) is 0 Å². The van der Waals surface area contributed by atoms with Gasteiger partial charge in [0.15, 0.2) is 0 Å². The standard InChI is InChI=1S/C14H15BrN2O4/c1-8(15)7-12(13(16)19)17-14(20)10-3-5-11(6-4-10)21-9(2)18/h3-6,12H,1,7H2,2H3,(H2,16,19)(H,17,20)/t12-/m0/s1. The van der Waals surface area contributed by atoms with Gasteiger partial charge in [-0.05, 0) is 28.7 Å². The fraction of sp³-hybridized carbons (Fsp3) is 0.214. The number of amides is 2. The third kappa shape index (κ3) is 5.78. The molecule has 0 aromatic heterocycles. The Bertz CT molecular complexity index is 569. The molecule has 21 heavy (non-hydrogen) atoms. The van der Waals surface area contributed by atoms with Gasteiger partial charge in [-0.25, -0.2) is 0 Å². The number of ether oxygens (including phenoxy) is 1. The van der Waals surface area contributed by atoms with Gasteiger partial charge in [-0.2, -0.15) is 0 Å². The Morgan fingerprint density at radius 1 is 1.33 bits per heavy atom. The van der Waals surface area contributed by atoms with Crippen molar-refractivity contribution in [3.8, 4) is 5.75 Å². The third-order valence-corrected chi connectivity index (χ3v) is 2.78. The van der Waals surface area contributed by atoms with Gasteiger partial charge in [0.1, 0.15) is 11.8 Å². The van der Waals surface area contributed by atoms with Gasteiger partial charge < -0.3 is 15.8 Å². The molecule has 0 fully saturated rings.